The molecule has 0 aliphatic rings. The van der Waals surface area contributed by atoms with Crippen LogP contribution in [0.5, 0.6) is 0 Å². The van der Waals surface area contributed by atoms with E-state index in [0.29, 0.717) is 0 Å². The second kappa shape index (κ2) is 2.72. The first-order valence-electron chi connectivity index (χ1n) is 1.93. The Hall–Kier alpha value is -0.500. The average Bonchev–Trinajstić information content (AvgIpc) is 1.35. The van der Waals surface area contributed by atoms with Crippen LogP contribution in [0.15, 0.2) is 11.9 Å². The van der Waals surface area contributed by atoms with E-state index < -0.39 is 0 Å². The van der Waals surface area contributed by atoms with Gasteiger partial charge in [0, 0.05) is 14.0 Å². The zero-order chi connectivity index (χ0) is 4.99. The number of nitrogens with one attached hydrogen (secondary N) is 1. The second-order valence-corrected chi connectivity index (χ2v) is 1.28. The van der Waals surface area contributed by atoms with Gasteiger partial charge in [-0.2, -0.15) is 0 Å². The Labute approximate surface area is 38.0 Å². The fourth-order valence-corrected chi connectivity index (χ4v) is 0.246. The first-order chi connectivity index (χ1) is 2.77. The Morgan fingerprint density at radius 3 is 2.33 bits per heavy atom. The van der Waals surface area contributed by atoms with Crippen molar-refractivity contribution in [3.05, 3.63) is 11.9 Å². The molecule has 0 saturated carbocycles. The third kappa shape index (κ3) is 3.50. The lowest BCUT2D eigenvalue weighted by atomic mass is 10.6. The van der Waals surface area contributed by atoms with E-state index in [1.165, 1.54) is 0 Å². The van der Waals surface area contributed by atoms with E-state index in [-0.39, 0.29) is 0 Å². The SMILES string of the molecule is CNC=C(C)[NH3+]. The highest BCUT2D eigenvalue weighted by atomic mass is 14.8. The summed E-state index contributed by atoms with van der Waals surface area (Å²) in [7, 11) is 1.86. The summed E-state index contributed by atoms with van der Waals surface area (Å²) < 4.78 is 0. The summed E-state index contributed by atoms with van der Waals surface area (Å²) >= 11 is 0. The predicted molar refractivity (Wildman–Crippen MR) is 25.7 cm³/mol. The molecule has 0 aromatic rings. The number of allylic oxidation sites excluding steroid dienone is 1. The van der Waals surface area contributed by atoms with Gasteiger partial charge >= 0.3 is 0 Å². The maximum atomic E-state index is 3.63. The van der Waals surface area contributed by atoms with E-state index >= 15 is 0 Å². The van der Waals surface area contributed by atoms with E-state index in [9.17, 15) is 0 Å². The van der Waals surface area contributed by atoms with Gasteiger partial charge in [0.1, 0.15) is 5.70 Å². The lowest BCUT2D eigenvalue weighted by Gasteiger charge is -1.81. The van der Waals surface area contributed by atoms with Crippen molar-refractivity contribution in [3.63, 3.8) is 0 Å². The maximum Gasteiger partial charge on any atom is 0.117 e. The van der Waals surface area contributed by atoms with Crippen LogP contribution in [0.1, 0.15) is 6.92 Å². The van der Waals surface area contributed by atoms with Gasteiger partial charge in [-0.1, -0.05) is 0 Å². The highest BCUT2D eigenvalue weighted by Gasteiger charge is 1.71. The number of quaternary nitrogens is 1. The molecule has 4 N–H and O–H groups in total. The molecule has 0 spiro atoms. The zero-order valence-corrected chi connectivity index (χ0v) is 4.28. The molecule has 0 rings (SSSR count). The summed E-state index contributed by atoms with van der Waals surface area (Å²) in [5.41, 5.74) is 4.68. The van der Waals surface area contributed by atoms with Gasteiger partial charge in [-0.3, -0.25) is 0 Å². The standard InChI is InChI=1S/C4H10N2/c1-4(5)3-6-2/h3,6H,5H2,1-2H3/p+1. The van der Waals surface area contributed by atoms with Gasteiger partial charge in [-0.15, -0.1) is 0 Å². The van der Waals surface area contributed by atoms with Crippen molar-refractivity contribution >= 4 is 0 Å². The van der Waals surface area contributed by atoms with Crippen molar-refractivity contribution in [3.8, 4) is 0 Å². The van der Waals surface area contributed by atoms with Crippen molar-refractivity contribution in [2.24, 2.45) is 0 Å². The molecule has 6 heavy (non-hydrogen) atoms. The molecular weight excluding hydrogens is 76.1 g/mol. The molecule has 0 aromatic carbocycles. The van der Waals surface area contributed by atoms with E-state index in [2.05, 4.69) is 11.1 Å². The van der Waals surface area contributed by atoms with Gasteiger partial charge in [0.05, 0.1) is 6.20 Å². The molecule has 0 unspecified atom stereocenters. The number of rotatable bonds is 1. The smallest absolute Gasteiger partial charge is 0.117 e. The molecule has 0 saturated heterocycles. The van der Waals surface area contributed by atoms with E-state index in [1.807, 2.05) is 20.2 Å². The number of hydrogen-bond donors (Lipinski definition) is 2. The molecule has 36 valence electrons. The van der Waals surface area contributed by atoms with E-state index in [0.717, 1.165) is 5.70 Å². The van der Waals surface area contributed by atoms with Crippen LogP contribution >= 0.6 is 0 Å². The van der Waals surface area contributed by atoms with Gasteiger partial charge < -0.3 is 11.1 Å². The van der Waals surface area contributed by atoms with Gasteiger partial charge in [-0.25, -0.2) is 0 Å². The zero-order valence-electron chi connectivity index (χ0n) is 4.28. The monoisotopic (exact) mass is 87.1 g/mol. The minimum absolute atomic E-state index is 1.05. The van der Waals surface area contributed by atoms with Crippen molar-refractivity contribution in [1.29, 1.82) is 0 Å². The highest BCUT2D eigenvalue weighted by Crippen LogP contribution is 1.64. The van der Waals surface area contributed by atoms with Crippen LogP contribution in [0.25, 0.3) is 0 Å². The Morgan fingerprint density at radius 2 is 2.33 bits per heavy atom. The minimum atomic E-state index is 1.05. The van der Waals surface area contributed by atoms with Crippen LogP contribution in [-0.2, 0) is 0 Å². The second-order valence-electron chi connectivity index (χ2n) is 1.28. The molecule has 0 bridgehead atoms. The van der Waals surface area contributed by atoms with Crippen molar-refractivity contribution in [2.75, 3.05) is 7.05 Å². The molecule has 0 aromatic heterocycles. The number of hydrogen-bond acceptors (Lipinski definition) is 1. The molecule has 0 heterocycles. The first-order valence-corrected chi connectivity index (χ1v) is 1.93. The first kappa shape index (κ1) is 5.50. The van der Waals surface area contributed by atoms with E-state index in [4.69, 9.17) is 0 Å². The lowest BCUT2D eigenvalue weighted by molar-refractivity contribution is -0.302. The van der Waals surface area contributed by atoms with Crippen LogP contribution in [0, 0.1) is 0 Å². The Bertz CT molecular complexity index is 52.6. The molecular formula is C4H11N2+. The molecule has 2 nitrogen and oxygen atoms in total. The summed E-state index contributed by atoms with van der Waals surface area (Å²) in [4.78, 5) is 0. The van der Waals surface area contributed by atoms with Gasteiger partial charge in [0.25, 0.3) is 0 Å². The largest absolute Gasteiger partial charge is 0.390 e. The lowest BCUT2D eigenvalue weighted by Crippen LogP contribution is -2.46. The topological polar surface area (TPSA) is 39.7 Å². The maximum absolute atomic E-state index is 3.63. The van der Waals surface area contributed by atoms with Crippen LogP contribution in [-0.4, -0.2) is 7.05 Å². The van der Waals surface area contributed by atoms with Crippen LogP contribution in [0.2, 0.25) is 0 Å². The van der Waals surface area contributed by atoms with Crippen LogP contribution < -0.4 is 11.1 Å². The summed E-state index contributed by atoms with van der Waals surface area (Å²) in [6.07, 6.45) is 1.85. The van der Waals surface area contributed by atoms with Gasteiger partial charge in [0.2, 0.25) is 0 Å². The summed E-state index contributed by atoms with van der Waals surface area (Å²) in [5, 5.41) is 2.84. The Morgan fingerprint density at radius 1 is 1.83 bits per heavy atom. The van der Waals surface area contributed by atoms with Crippen LogP contribution in [0.4, 0.5) is 0 Å². The molecule has 0 aliphatic heterocycles. The van der Waals surface area contributed by atoms with Gasteiger partial charge in [-0.05, 0) is 0 Å². The highest BCUT2D eigenvalue weighted by molar-refractivity contribution is 4.79. The fourth-order valence-electron chi connectivity index (χ4n) is 0.246. The molecule has 2 heteroatoms. The van der Waals surface area contributed by atoms with Gasteiger partial charge in [0.15, 0.2) is 0 Å². The predicted octanol–water partition coefficient (Wildman–Crippen LogP) is -0.691. The molecule has 0 atom stereocenters. The quantitative estimate of drug-likeness (QED) is 0.436. The fraction of sp³-hybridized carbons (Fsp3) is 0.500. The Kier molecular flexibility index (Phi) is 2.50. The average molecular weight is 87.1 g/mol. The molecule has 0 fully saturated rings. The van der Waals surface area contributed by atoms with E-state index in [1.54, 1.807) is 0 Å². The molecule has 0 radical (unpaired) electrons. The normalized spacial score (nSPS) is 11.5. The van der Waals surface area contributed by atoms with Crippen molar-refractivity contribution in [2.45, 2.75) is 6.92 Å². The summed E-state index contributed by atoms with van der Waals surface area (Å²) in [6, 6.07) is 0. The third-order valence-corrected chi connectivity index (χ3v) is 0.391. The van der Waals surface area contributed by atoms with Crippen molar-refractivity contribution < 1.29 is 5.73 Å². The summed E-state index contributed by atoms with van der Waals surface area (Å²) in [5.74, 6) is 0. The molecule has 0 aliphatic carbocycles. The van der Waals surface area contributed by atoms with Crippen molar-refractivity contribution in [1.82, 2.24) is 5.32 Å². The third-order valence-electron chi connectivity index (χ3n) is 0.391. The van der Waals surface area contributed by atoms with Crippen LogP contribution in [0.3, 0.4) is 0 Å². The minimum Gasteiger partial charge on any atom is -0.390 e. The molecule has 0 amide bonds. The summed E-state index contributed by atoms with van der Waals surface area (Å²) in [6.45, 7) is 1.94. The Balaban J connectivity index is 3.14.